The predicted octanol–water partition coefficient (Wildman–Crippen LogP) is -1.15. The van der Waals surface area contributed by atoms with Gasteiger partial charge in [-0.3, -0.25) is 0 Å². The van der Waals surface area contributed by atoms with Gasteiger partial charge in [0.15, 0.2) is 11.3 Å². The second-order valence-electron chi connectivity index (χ2n) is 5.40. The highest BCUT2D eigenvalue weighted by atomic mass is 35.5. The lowest BCUT2D eigenvalue weighted by atomic mass is 10.2. The van der Waals surface area contributed by atoms with Gasteiger partial charge >= 0.3 is 5.95 Å². The molecule has 124 valence electrons. The third kappa shape index (κ3) is 4.85. The fourth-order valence-electron chi connectivity index (χ4n) is 1.79. The lowest BCUT2D eigenvalue weighted by Gasteiger charge is -1.99. The Kier molecular flexibility index (Phi) is 6.84. The summed E-state index contributed by atoms with van der Waals surface area (Å²) in [6.07, 6.45) is 5.78. The molecular formula is C15H22ClN7. The molecule has 0 amide bonds. The summed E-state index contributed by atoms with van der Waals surface area (Å²) in [6.45, 7) is 4.03. The number of hydrogen-bond acceptors (Lipinski definition) is 3. The fourth-order valence-corrected chi connectivity index (χ4v) is 1.79. The van der Waals surface area contributed by atoms with E-state index >= 15 is 0 Å². The Morgan fingerprint density at radius 2 is 1.87 bits per heavy atom. The van der Waals surface area contributed by atoms with Crippen LogP contribution >= 0.6 is 0 Å². The fraction of sp³-hybridized carbons (Fsp3) is 0.400. The molecule has 0 atom stereocenters. The maximum atomic E-state index is 4.27. The lowest BCUT2D eigenvalue weighted by molar-refractivity contribution is -0.657. The molecule has 0 radical (unpaired) electrons. The second kappa shape index (κ2) is 8.38. The average molecular weight is 336 g/mol. The Bertz CT molecular complexity index is 749. The molecule has 8 heteroatoms. The second-order valence-corrected chi connectivity index (χ2v) is 5.40. The normalized spacial score (nSPS) is 13.0. The van der Waals surface area contributed by atoms with Gasteiger partial charge < -0.3 is 17.0 Å². The van der Waals surface area contributed by atoms with Crippen LogP contribution < -0.4 is 22.5 Å². The summed E-state index contributed by atoms with van der Waals surface area (Å²) in [4.78, 5) is 0. The zero-order chi connectivity index (χ0) is 16.1. The van der Waals surface area contributed by atoms with Crippen molar-refractivity contribution in [2.24, 2.45) is 47.5 Å². The molecule has 2 heterocycles. The van der Waals surface area contributed by atoms with Gasteiger partial charge in [-0.1, -0.05) is 25.0 Å². The zero-order valence-corrected chi connectivity index (χ0v) is 14.8. The molecule has 0 fully saturated rings. The Labute approximate surface area is 142 Å². The predicted molar refractivity (Wildman–Crippen MR) is 84.4 cm³/mol. The van der Waals surface area contributed by atoms with Gasteiger partial charge in [0, 0.05) is 24.3 Å². The summed E-state index contributed by atoms with van der Waals surface area (Å²) < 4.78 is 5.70. The highest BCUT2D eigenvalue weighted by Gasteiger charge is 2.12. The molecule has 2 rings (SSSR count). The first-order valence-corrected chi connectivity index (χ1v) is 7.15. The van der Waals surface area contributed by atoms with E-state index in [-0.39, 0.29) is 18.3 Å². The number of aromatic nitrogens is 3. The van der Waals surface area contributed by atoms with Gasteiger partial charge in [-0.25, -0.2) is 9.13 Å². The molecule has 0 saturated carbocycles. The molecule has 23 heavy (non-hydrogen) atoms. The van der Waals surface area contributed by atoms with Gasteiger partial charge in [-0.15, -0.1) is 10.2 Å². The summed E-state index contributed by atoms with van der Waals surface area (Å²) >= 11 is 0. The van der Waals surface area contributed by atoms with E-state index in [4.69, 9.17) is 0 Å². The Morgan fingerprint density at radius 1 is 1.13 bits per heavy atom. The number of aryl methyl sites for hydroxylation is 3. The Morgan fingerprint density at radius 3 is 2.43 bits per heavy atom. The average Bonchev–Trinajstić information content (AvgIpc) is 2.80. The van der Waals surface area contributed by atoms with Crippen molar-refractivity contribution < 1.29 is 17.0 Å². The Hall–Kier alpha value is -2.28. The highest BCUT2D eigenvalue weighted by Crippen LogP contribution is 2.07. The van der Waals surface area contributed by atoms with E-state index in [0.29, 0.717) is 5.84 Å². The number of rotatable bonds is 3. The number of nitrogens with zero attached hydrogens (tertiary/aromatic N) is 7. The van der Waals surface area contributed by atoms with Crippen molar-refractivity contribution in [3.63, 3.8) is 0 Å². The quantitative estimate of drug-likeness (QED) is 0.223. The summed E-state index contributed by atoms with van der Waals surface area (Å²) in [6, 6.07) is 5.77. The van der Waals surface area contributed by atoms with Crippen molar-refractivity contribution in [1.29, 1.82) is 0 Å². The van der Waals surface area contributed by atoms with E-state index in [0.717, 1.165) is 11.4 Å². The van der Waals surface area contributed by atoms with Crippen LogP contribution in [0.1, 0.15) is 13.8 Å². The van der Waals surface area contributed by atoms with Crippen LogP contribution in [0.4, 0.5) is 5.95 Å². The molecule has 2 aromatic rings. The van der Waals surface area contributed by atoms with Crippen molar-refractivity contribution in [2.45, 2.75) is 13.8 Å². The number of azo groups is 1. The van der Waals surface area contributed by atoms with Crippen LogP contribution in [-0.4, -0.2) is 15.0 Å². The first-order valence-electron chi connectivity index (χ1n) is 7.15. The van der Waals surface area contributed by atoms with Crippen molar-refractivity contribution in [3.05, 3.63) is 42.3 Å². The SMILES string of the molecule is CC(C)C(N=Nc1n(C)cc[n+]1C)=NN=c1ccccn1C.[Cl-]. The third-order valence-corrected chi connectivity index (χ3v) is 3.19. The minimum atomic E-state index is 0. The third-order valence-electron chi connectivity index (χ3n) is 3.19. The molecule has 2 aromatic heterocycles. The first-order chi connectivity index (χ1) is 10.5. The summed E-state index contributed by atoms with van der Waals surface area (Å²) in [5.41, 5.74) is 0.764. The smallest absolute Gasteiger partial charge is 0.421 e. The van der Waals surface area contributed by atoms with Crippen molar-refractivity contribution >= 4 is 11.8 Å². The number of halogens is 1. The number of imidazole rings is 1. The largest absolute Gasteiger partial charge is 1.00 e. The van der Waals surface area contributed by atoms with E-state index in [9.17, 15) is 0 Å². The highest BCUT2D eigenvalue weighted by molar-refractivity contribution is 5.84. The molecule has 0 saturated heterocycles. The van der Waals surface area contributed by atoms with Crippen LogP contribution in [0.5, 0.6) is 0 Å². The molecule has 0 bridgehead atoms. The van der Waals surface area contributed by atoms with E-state index in [1.54, 1.807) is 0 Å². The van der Waals surface area contributed by atoms with Gasteiger partial charge in [0.05, 0.1) is 26.5 Å². The first kappa shape index (κ1) is 18.8. The maximum absolute atomic E-state index is 4.27. The maximum Gasteiger partial charge on any atom is 0.421 e. The number of amidine groups is 1. The molecule has 7 nitrogen and oxygen atoms in total. The van der Waals surface area contributed by atoms with Gasteiger partial charge in [0.2, 0.25) is 0 Å². The summed E-state index contributed by atoms with van der Waals surface area (Å²) in [7, 11) is 5.78. The monoisotopic (exact) mass is 335 g/mol. The van der Waals surface area contributed by atoms with Gasteiger partial charge in [0.25, 0.3) is 0 Å². The molecule has 0 aliphatic heterocycles. The Balaban J connectivity index is 0.00000264. The van der Waals surface area contributed by atoms with Crippen molar-refractivity contribution in [3.8, 4) is 0 Å². The molecule has 0 aliphatic carbocycles. The van der Waals surface area contributed by atoms with E-state index in [2.05, 4.69) is 20.4 Å². The molecule has 0 N–H and O–H groups in total. The van der Waals surface area contributed by atoms with Gasteiger partial charge in [0.1, 0.15) is 0 Å². The van der Waals surface area contributed by atoms with Crippen LogP contribution in [0.25, 0.3) is 0 Å². The van der Waals surface area contributed by atoms with Gasteiger partial charge in [-0.2, -0.15) is 0 Å². The van der Waals surface area contributed by atoms with Crippen LogP contribution in [0.3, 0.4) is 0 Å². The minimum absolute atomic E-state index is 0. The summed E-state index contributed by atoms with van der Waals surface area (Å²) in [5, 5.41) is 17.0. The molecular weight excluding hydrogens is 314 g/mol. The molecule has 0 aromatic carbocycles. The number of pyridine rings is 1. The van der Waals surface area contributed by atoms with Gasteiger partial charge in [-0.05, 0) is 12.1 Å². The van der Waals surface area contributed by atoms with Crippen LogP contribution in [-0.2, 0) is 21.1 Å². The van der Waals surface area contributed by atoms with Crippen molar-refractivity contribution in [1.82, 2.24) is 9.13 Å². The van der Waals surface area contributed by atoms with E-state index in [1.807, 2.05) is 85.5 Å². The zero-order valence-electron chi connectivity index (χ0n) is 14.0. The van der Waals surface area contributed by atoms with E-state index in [1.165, 1.54) is 0 Å². The summed E-state index contributed by atoms with van der Waals surface area (Å²) in [5.74, 6) is 1.47. The van der Waals surface area contributed by atoms with Crippen LogP contribution in [0.2, 0.25) is 0 Å². The van der Waals surface area contributed by atoms with Crippen LogP contribution in [0, 0.1) is 5.92 Å². The van der Waals surface area contributed by atoms with E-state index < -0.39 is 0 Å². The lowest BCUT2D eigenvalue weighted by Crippen LogP contribution is -3.00. The topological polar surface area (TPSA) is 63.2 Å². The van der Waals surface area contributed by atoms with Crippen LogP contribution in [0.15, 0.2) is 57.2 Å². The minimum Gasteiger partial charge on any atom is -1.00 e. The molecule has 0 spiro atoms. The number of hydrogen-bond donors (Lipinski definition) is 0. The molecule has 0 aliphatic rings. The molecule has 0 unspecified atom stereocenters. The van der Waals surface area contributed by atoms with Crippen molar-refractivity contribution in [2.75, 3.05) is 0 Å². The standard InChI is InChI=1S/C15H22N7.ClH/c1-12(2)14(17-16-13-8-6-7-9-20(13)3)18-19-15-21(4)10-11-22(15)5;/h6-12H,1-5H3;1H/q+1;/p-1.